The summed E-state index contributed by atoms with van der Waals surface area (Å²) in [6.45, 7) is 0. The molecule has 1 amide bonds. The number of hydrogen-bond donors (Lipinski definition) is 2. The highest BCUT2D eigenvalue weighted by molar-refractivity contribution is 7.12. The lowest BCUT2D eigenvalue weighted by atomic mass is 10.1. The summed E-state index contributed by atoms with van der Waals surface area (Å²) in [4.78, 5) is 38.1. The van der Waals surface area contributed by atoms with Crippen molar-refractivity contribution >= 4 is 44.2 Å². The van der Waals surface area contributed by atoms with Gasteiger partial charge in [-0.1, -0.05) is 18.2 Å². The van der Waals surface area contributed by atoms with E-state index in [-0.39, 0.29) is 22.4 Å². The molecule has 2 aromatic carbocycles. The molecule has 8 heteroatoms. The first kappa shape index (κ1) is 16.9. The van der Waals surface area contributed by atoms with Crippen LogP contribution < -0.4 is 16.3 Å². The summed E-state index contributed by atoms with van der Waals surface area (Å²) in [5, 5.41) is 2.82. The lowest BCUT2D eigenvalue weighted by molar-refractivity contribution is 0.102. The van der Waals surface area contributed by atoms with Crippen LogP contribution in [0.2, 0.25) is 0 Å². The molecule has 4 aromatic rings. The fourth-order valence-electron chi connectivity index (χ4n) is 3.44. The topological polar surface area (TPSA) is 84.0 Å². The van der Waals surface area contributed by atoms with Gasteiger partial charge in [0, 0.05) is 17.1 Å². The van der Waals surface area contributed by atoms with Crippen LogP contribution in [0.1, 0.15) is 29.2 Å². The molecular formula is C20H14FN3O3S. The number of hydrogen-bond acceptors (Lipinski definition) is 4. The van der Waals surface area contributed by atoms with Crippen LogP contribution in [0.25, 0.3) is 21.1 Å². The summed E-state index contributed by atoms with van der Waals surface area (Å²) in [6, 6.07) is 11.4. The molecule has 2 N–H and O–H groups in total. The van der Waals surface area contributed by atoms with Crippen molar-refractivity contribution in [3.05, 3.63) is 74.4 Å². The number of nitrogens with one attached hydrogen (secondary N) is 2. The molecule has 6 nitrogen and oxygen atoms in total. The van der Waals surface area contributed by atoms with Gasteiger partial charge in [0.15, 0.2) is 0 Å². The zero-order chi connectivity index (χ0) is 19.4. The minimum absolute atomic E-state index is 0.0466. The third-order valence-electron chi connectivity index (χ3n) is 4.91. The summed E-state index contributed by atoms with van der Waals surface area (Å²) in [5.41, 5.74) is -0.112. The summed E-state index contributed by atoms with van der Waals surface area (Å²) in [5.74, 6) is -1.39. The first-order valence-electron chi connectivity index (χ1n) is 8.80. The first-order chi connectivity index (χ1) is 13.5. The summed E-state index contributed by atoms with van der Waals surface area (Å²) < 4.78 is 19.2. The van der Waals surface area contributed by atoms with Gasteiger partial charge in [-0.15, -0.1) is 0 Å². The summed E-state index contributed by atoms with van der Waals surface area (Å²) in [6.07, 6.45) is 1.81. The molecule has 1 aliphatic carbocycles. The van der Waals surface area contributed by atoms with E-state index in [0.717, 1.165) is 30.4 Å². The maximum Gasteiger partial charge on any atom is 0.271 e. The Hall–Kier alpha value is -3.26. The largest absolute Gasteiger partial charge is 0.328 e. The number of aromatic nitrogens is 2. The summed E-state index contributed by atoms with van der Waals surface area (Å²) >= 11 is 1.09. The Labute approximate surface area is 161 Å². The Morgan fingerprint density at radius 3 is 2.64 bits per heavy atom. The maximum absolute atomic E-state index is 14.7. The molecule has 0 unspecified atom stereocenters. The zero-order valence-corrected chi connectivity index (χ0v) is 15.3. The number of halogens is 1. The van der Waals surface area contributed by atoms with Crippen molar-refractivity contribution in [3.63, 3.8) is 0 Å². The Bertz CT molecular complexity index is 1370. The standard InChI is InChI=1S/C20H14FN3O3S/c21-14-8-13-15(9-12(14)18(26)22-10-4-2-1-3-5-10)24(11-6-7-11)20-16(17(13)25)19(27)23-28-20/h1-5,8-9,11H,6-7H2,(H,22,26)(H,23,27). The molecule has 5 rings (SSSR count). The van der Waals surface area contributed by atoms with Gasteiger partial charge in [0.25, 0.3) is 11.5 Å². The van der Waals surface area contributed by atoms with Crippen molar-refractivity contribution in [1.82, 2.24) is 8.94 Å². The van der Waals surface area contributed by atoms with Gasteiger partial charge in [0.05, 0.1) is 11.1 Å². The van der Waals surface area contributed by atoms with E-state index in [1.165, 1.54) is 6.07 Å². The Morgan fingerprint density at radius 1 is 1.18 bits per heavy atom. The number of carbonyl (C=O) groups is 1. The van der Waals surface area contributed by atoms with Gasteiger partial charge in [-0.25, -0.2) is 4.39 Å². The number of carbonyl (C=O) groups excluding carboxylic acids is 1. The number of anilines is 1. The number of fused-ring (bicyclic) bond motifs is 2. The molecule has 2 aromatic heterocycles. The highest BCUT2D eigenvalue weighted by Crippen LogP contribution is 2.40. The number of pyridine rings is 1. The van der Waals surface area contributed by atoms with E-state index < -0.39 is 22.7 Å². The lowest BCUT2D eigenvalue weighted by Crippen LogP contribution is -2.18. The van der Waals surface area contributed by atoms with Gasteiger partial charge < -0.3 is 9.88 Å². The minimum atomic E-state index is -0.800. The SMILES string of the molecule is O=C(Nc1ccccc1)c1cc2c(cc1F)c(=O)c1c(=O)[nH]sc1n2C1CC1. The van der Waals surface area contributed by atoms with Crippen LogP contribution in [-0.2, 0) is 0 Å². The van der Waals surface area contributed by atoms with Gasteiger partial charge in [-0.05, 0) is 48.6 Å². The monoisotopic (exact) mass is 395 g/mol. The van der Waals surface area contributed by atoms with Gasteiger partial charge in [-0.3, -0.25) is 18.8 Å². The molecule has 0 aliphatic heterocycles. The van der Waals surface area contributed by atoms with Crippen LogP contribution in [0.3, 0.4) is 0 Å². The number of para-hydroxylation sites is 1. The van der Waals surface area contributed by atoms with Crippen molar-refractivity contribution in [2.75, 3.05) is 5.32 Å². The normalized spacial score (nSPS) is 13.9. The number of H-pyrrole nitrogens is 1. The molecule has 2 heterocycles. The number of nitrogens with zero attached hydrogens (tertiary/aromatic N) is 1. The molecule has 1 aliphatic rings. The highest BCUT2D eigenvalue weighted by atomic mass is 32.1. The van der Waals surface area contributed by atoms with Crippen LogP contribution in [0.5, 0.6) is 0 Å². The van der Waals surface area contributed by atoms with Crippen LogP contribution >= 0.6 is 11.5 Å². The number of amides is 1. The van der Waals surface area contributed by atoms with Crippen LogP contribution in [0, 0.1) is 5.82 Å². The second-order valence-corrected chi connectivity index (χ2v) is 7.61. The Balaban J connectivity index is 1.75. The van der Waals surface area contributed by atoms with E-state index in [1.807, 2.05) is 10.6 Å². The quantitative estimate of drug-likeness (QED) is 0.556. The molecule has 0 saturated heterocycles. The van der Waals surface area contributed by atoms with E-state index in [9.17, 15) is 18.8 Å². The molecular weight excluding hydrogens is 381 g/mol. The second kappa shape index (κ2) is 6.13. The minimum Gasteiger partial charge on any atom is -0.328 e. The Morgan fingerprint density at radius 2 is 1.93 bits per heavy atom. The smallest absolute Gasteiger partial charge is 0.271 e. The maximum atomic E-state index is 14.7. The summed E-state index contributed by atoms with van der Waals surface area (Å²) in [7, 11) is 0. The second-order valence-electron chi connectivity index (χ2n) is 6.81. The molecule has 1 saturated carbocycles. The molecule has 140 valence electrons. The highest BCUT2D eigenvalue weighted by Gasteiger charge is 2.29. The third kappa shape index (κ3) is 2.56. The van der Waals surface area contributed by atoms with Gasteiger partial charge in [0.1, 0.15) is 16.0 Å². The average molecular weight is 395 g/mol. The average Bonchev–Trinajstić information content (AvgIpc) is 3.45. The van der Waals surface area contributed by atoms with Crippen LogP contribution in [0.4, 0.5) is 10.1 Å². The van der Waals surface area contributed by atoms with Crippen molar-refractivity contribution in [2.45, 2.75) is 18.9 Å². The van der Waals surface area contributed by atoms with Crippen molar-refractivity contribution in [2.24, 2.45) is 0 Å². The number of benzene rings is 2. The third-order valence-corrected chi connectivity index (χ3v) is 5.79. The van der Waals surface area contributed by atoms with Crippen LogP contribution in [-0.4, -0.2) is 14.8 Å². The van der Waals surface area contributed by atoms with E-state index in [2.05, 4.69) is 9.69 Å². The molecule has 1 fully saturated rings. The van der Waals surface area contributed by atoms with E-state index in [1.54, 1.807) is 24.3 Å². The first-order valence-corrected chi connectivity index (χ1v) is 9.61. The predicted octanol–water partition coefficient (Wildman–Crippen LogP) is 3.63. The van der Waals surface area contributed by atoms with E-state index >= 15 is 0 Å². The van der Waals surface area contributed by atoms with Gasteiger partial charge in [-0.2, -0.15) is 0 Å². The van der Waals surface area contributed by atoms with E-state index in [0.29, 0.717) is 16.0 Å². The fourth-order valence-corrected chi connectivity index (χ4v) is 4.36. The zero-order valence-electron chi connectivity index (χ0n) is 14.5. The van der Waals surface area contributed by atoms with E-state index in [4.69, 9.17) is 0 Å². The van der Waals surface area contributed by atoms with Crippen molar-refractivity contribution < 1.29 is 9.18 Å². The predicted molar refractivity (Wildman–Crippen MR) is 107 cm³/mol. The lowest BCUT2D eigenvalue weighted by Gasteiger charge is -2.13. The molecule has 0 spiro atoms. The molecule has 0 atom stereocenters. The van der Waals surface area contributed by atoms with Gasteiger partial charge in [0.2, 0.25) is 5.43 Å². The fraction of sp³-hybridized carbons (Fsp3) is 0.150. The molecule has 0 radical (unpaired) electrons. The molecule has 0 bridgehead atoms. The van der Waals surface area contributed by atoms with Gasteiger partial charge >= 0.3 is 0 Å². The number of aromatic amines is 1. The van der Waals surface area contributed by atoms with Crippen molar-refractivity contribution in [1.29, 1.82) is 0 Å². The van der Waals surface area contributed by atoms with Crippen molar-refractivity contribution in [3.8, 4) is 0 Å². The van der Waals surface area contributed by atoms with Crippen LogP contribution in [0.15, 0.2) is 52.1 Å². The number of rotatable bonds is 3. The molecule has 28 heavy (non-hydrogen) atoms. The Kier molecular flexibility index (Phi) is 3.70.